The number of ketones is 1. The minimum atomic E-state index is -1.49. The van der Waals surface area contributed by atoms with Crippen LogP contribution in [-0.2, 0) is 0 Å². The Morgan fingerprint density at radius 2 is 1.59 bits per heavy atom. The molecule has 0 aromatic heterocycles. The van der Waals surface area contributed by atoms with Gasteiger partial charge in [0, 0.05) is 11.5 Å². The van der Waals surface area contributed by atoms with Crippen LogP contribution in [0.1, 0.15) is 21.8 Å². The van der Waals surface area contributed by atoms with E-state index in [1.807, 2.05) is 12.1 Å². The lowest BCUT2D eigenvalue weighted by atomic mass is 10.0. The summed E-state index contributed by atoms with van der Waals surface area (Å²) in [5, 5.41) is 18.8. The molecule has 1 aliphatic rings. The predicted octanol–water partition coefficient (Wildman–Crippen LogP) is 3.46. The number of Topliss-reactive ketones (excluding diaryl/α,β-unsaturated/α-hetero) is 1. The van der Waals surface area contributed by atoms with Crippen LogP contribution in [0.3, 0.4) is 0 Å². The maximum absolute atomic E-state index is 14.0. The number of nitriles is 2. The molecule has 2 aromatic carbocycles. The Morgan fingerprint density at radius 3 is 2.18 bits per heavy atom. The van der Waals surface area contributed by atoms with Gasteiger partial charge in [-0.3, -0.25) is 4.79 Å². The molecular formula is C18H11FN2O. The molecule has 1 fully saturated rings. The van der Waals surface area contributed by atoms with E-state index in [-0.39, 0.29) is 11.3 Å². The van der Waals surface area contributed by atoms with E-state index in [0.717, 1.165) is 0 Å². The van der Waals surface area contributed by atoms with Gasteiger partial charge in [-0.2, -0.15) is 10.5 Å². The first-order valence-corrected chi connectivity index (χ1v) is 6.82. The smallest absolute Gasteiger partial charge is 0.169 e. The zero-order valence-corrected chi connectivity index (χ0v) is 11.5. The molecule has 0 heterocycles. The van der Waals surface area contributed by atoms with E-state index in [1.54, 1.807) is 36.4 Å². The Kier molecular flexibility index (Phi) is 3.23. The Morgan fingerprint density at radius 1 is 1.00 bits per heavy atom. The summed E-state index contributed by atoms with van der Waals surface area (Å²) in [7, 11) is 0. The Labute approximate surface area is 127 Å². The molecule has 22 heavy (non-hydrogen) atoms. The van der Waals surface area contributed by atoms with Crippen LogP contribution in [0.25, 0.3) is 0 Å². The minimum Gasteiger partial charge on any atom is -0.294 e. The van der Waals surface area contributed by atoms with Gasteiger partial charge in [-0.1, -0.05) is 48.5 Å². The highest BCUT2D eigenvalue weighted by molar-refractivity contribution is 6.02. The molecule has 0 aliphatic heterocycles. The highest BCUT2D eigenvalue weighted by Gasteiger charge is 2.71. The fourth-order valence-electron chi connectivity index (χ4n) is 2.98. The van der Waals surface area contributed by atoms with Crippen LogP contribution in [0.5, 0.6) is 0 Å². The van der Waals surface area contributed by atoms with Gasteiger partial charge in [-0.05, 0) is 11.6 Å². The third-order valence-corrected chi connectivity index (χ3v) is 4.16. The Hall–Kier alpha value is -2.98. The van der Waals surface area contributed by atoms with Crippen molar-refractivity contribution < 1.29 is 9.18 Å². The first kappa shape index (κ1) is 14.0. The monoisotopic (exact) mass is 290 g/mol. The summed E-state index contributed by atoms with van der Waals surface area (Å²) < 4.78 is 14.0. The molecule has 3 rings (SSSR count). The lowest BCUT2D eigenvalue weighted by molar-refractivity contribution is 0.0958. The molecule has 3 nitrogen and oxygen atoms in total. The molecule has 0 bridgehead atoms. The number of hydrogen-bond acceptors (Lipinski definition) is 3. The van der Waals surface area contributed by atoms with Crippen LogP contribution >= 0.6 is 0 Å². The summed E-state index contributed by atoms with van der Waals surface area (Å²) in [4.78, 5) is 12.6. The second-order valence-corrected chi connectivity index (χ2v) is 5.30. The van der Waals surface area contributed by atoms with Crippen molar-refractivity contribution in [2.45, 2.75) is 5.92 Å². The van der Waals surface area contributed by atoms with Crippen molar-refractivity contribution in [3.8, 4) is 12.1 Å². The number of carbonyl (C=O) groups excluding carboxylic acids is 1. The molecule has 0 N–H and O–H groups in total. The molecule has 0 spiro atoms. The standard InChI is InChI=1S/C18H11FN2O/c19-14-9-5-4-8-13(14)15-16(18(15,10-20)11-21)17(22)12-6-2-1-3-7-12/h1-9,15-16H. The Balaban J connectivity index is 2.05. The molecule has 2 aromatic rings. The van der Waals surface area contributed by atoms with Crippen LogP contribution < -0.4 is 0 Å². The van der Waals surface area contributed by atoms with E-state index < -0.39 is 23.1 Å². The zero-order chi connectivity index (χ0) is 15.7. The van der Waals surface area contributed by atoms with E-state index in [0.29, 0.717) is 5.56 Å². The number of carbonyl (C=O) groups is 1. The highest BCUT2D eigenvalue weighted by Crippen LogP contribution is 2.65. The molecule has 1 aliphatic carbocycles. The number of halogens is 1. The van der Waals surface area contributed by atoms with Crippen LogP contribution in [0.15, 0.2) is 54.6 Å². The van der Waals surface area contributed by atoms with Gasteiger partial charge in [0.15, 0.2) is 11.2 Å². The van der Waals surface area contributed by atoms with Crippen molar-refractivity contribution >= 4 is 5.78 Å². The van der Waals surface area contributed by atoms with E-state index in [4.69, 9.17) is 0 Å². The maximum Gasteiger partial charge on any atom is 0.169 e. The summed E-state index contributed by atoms with van der Waals surface area (Å²) in [6, 6.07) is 18.3. The van der Waals surface area contributed by atoms with E-state index in [9.17, 15) is 19.7 Å². The maximum atomic E-state index is 14.0. The minimum absolute atomic E-state index is 0.250. The molecule has 2 unspecified atom stereocenters. The predicted molar refractivity (Wildman–Crippen MR) is 77.1 cm³/mol. The van der Waals surface area contributed by atoms with Crippen molar-refractivity contribution in [3.63, 3.8) is 0 Å². The third kappa shape index (κ3) is 1.89. The van der Waals surface area contributed by atoms with Crippen molar-refractivity contribution in [3.05, 3.63) is 71.5 Å². The molecule has 1 saturated carbocycles. The summed E-state index contributed by atoms with van der Waals surface area (Å²) in [6.07, 6.45) is 0. The van der Waals surface area contributed by atoms with Gasteiger partial charge in [0.1, 0.15) is 5.82 Å². The fraction of sp³-hybridized carbons (Fsp3) is 0.167. The third-order valence-electron chi connectivity index (χ3n) is 4.16. The average molecular weight is 290 g/mol. The molecule has 106 valence electrons. The van der Waals surface area contributed by atoms with Crippen LogP contribution in [-0.4, -0.2) is 5.78 Å². The highest BCUT2D eigenvalue weighted by atomic mass is 19.1. The lowest BCUT2D eigenvalue weighted by Gasteiger charge is -2.01. The largest absolute Gasteiger partial charge is 0.294 e. The first-order valence-electron chi connectivity index (χ1n) is 6.82. The van der Waals surface area contributed by atoms with Crippen LogP contribution in [0, 0.1) is 39.8 Å². The van der Waals surface area contributed by atoms with Gasteiger partial charge in [-0.25, -0.2) is 4.39 Å². The summed E-state index contributed by atoms with van der Waals surface area (Å²) in [5.41, 5.74) is -0.809. The van der Waals surface area contributed by atoms with Crippen LogP contribution in [0.4, 0.5) is 4.39 Å². The number of rotatable bonds is 3. The van der Waals surface area contributed by atoms with E-state index in [2.05, 4.69) is 0 Å². The Bertz CT molecular complexity index is 803. The molecule has 2 atom stereocenters. The second kappa shape index (κ2) is 5.09. The quantitative estimate of drug-likeness (QED) is 0.813. The average Bonchev–Trinajstić information content (AvgIpc) is 3.24. The number of benzene rings is 2. The van der Waals surface area contributed by atoms with Gasteiger partial charge in [0.2, 0.25) is 0 Å². The number of hydrogen-bond donors (Lipinski definition) is 0. The topological polar surface area (TPSA) is 64.7 Å². The van der Waals surface area contributed by atoms with Crippen molar-refractivity contribution in [2.75, 3.05) is 0 Å². The van der Waals surface area contributed by atoms with Crippen LogP contribution in [0.2, 0.25) is 0 Å². The second-order valence-electron chi connectivity index (χ2n) is 5.30. The molecule has 0 saturated heterocycles. The van der Waals surface area contributed by atoms with Gasteiger partial charge in [0.05, 0.1) is 18.1 Å². The van der Waals surface area contributed by atoms with Gasteiger partial charge < -0.3 is 0 Å². The lowest BCUT2D eigenvalue weighted by Crippen LogP contribution is -2.08. The SMILES string of the molecule is N#CC1(C#N)C(C(=O)c2ccccc2)C1c1ccccc1F. The van der Waals surface area contributed by atoms with E-state index in [1.165, 1.54) is 18.2 Å². The first-order chi connectivity index (χ1) is 10.7. The number of nitrogens with zero attached hydrogens (tertiary/aromatic N) is 2. The van der Waals surface area contributed by atoms with Crippen molar-refractivity contribution in [2.24, 2.45) is 11.3 Å². The van der Waals surface area contributed by atoms with Crippen molar-refractivity contribution in [1.29, 1.82) is 10.5 Å². The van der Waals surface area contributed by atoms with Gasteiger partial charge in [-0.15, -0.1) is 0 Å². The molecule has 0 amide bonds. The molecule has 0 radical (unpaired) electrons. The van der Waals surface area contributed by atoms with Gasteiger partial charge in [0.25, 0.3) is 0 Å². The molecular weight excluding hydrogens is 279 g/mol. The normalized spacial score (nSPS) is 21.4. The fourth-order valence-corrected chi connectivity index (χ4v) is 2.98. The summed E-state index contributed by atoms with van der Waals surface area (Å²) >= 11 is 0. The van der Waals surface area contributed by atoms with Gasteiger partial charge >= 0.3 is 0 Å². The summed E-state index contributed by atoms with van der Waals surface area (Å²) in [5.74, 6) is -2.35. The summed E-state index contributed by atoms with van der Waals surface area (Å²) in [6.45, 7) is 0. The molecule has 4 heteroatoms. The zero-order valence-electron chi connectivity index (χ0n) is 11.5. The van der Waals surface area contributed by atoms with Crippen molar-refractivity contribution in [1.82, 2.24) is 0 Å². The van der Waals surface area contributed by atoms with E-state index >= 15 is 0 Å².